The van der Waals surface area contributed by atoms with Gasteiger partial charge < -0.3 is 4.74 Å². The Labute approximate surface area is 145 Å². The van der Waals surface area contributed by atoms with E-state index in [1.165, 1.54) is 6.42 Å². The summed E-state index contributed by atoms with van der Waals surface area (Å²) in [6, 6.07) is 0. The van der Waals surface area contributed by atoms with Gasteiger partial charge in [0.15, 0.2) is 5.70 Å². The van der Waals surface area contributed by atoms with E-state index in [-0.39, 0.29) is 16.3 Å². The summed E-state index contributed by atoms with van der Waals surface area (Å²) in [5, 5.41) is 4.12. The first-order chi connectivity index (χ1) is 11.4. The molecule has 1 aromatic rings. The van der Waals surface area contributed by atoms with Gasteiger partial charge >= 0.3 is 5.97 Å². The number of aryl methyl sites for hydroxylation is 1. The Bertz CT molecular complexity index is 780. The largest absolute Gasteiger partial charge is 0.406 e. The lowest BCUT2D eigenvalue weighted by molar-refractivity contribution is -0.131. The van der Waals surface area contributed by atoms with Crippen LogP contribution in [0.15, 0.2) is 23.1 Å². The molecule has 24 heavy (non-hydrogen) atoms. The maximum absolute atomic E-state index is 12.3. The fraction of sp³-hybridized carbons (Fsp3) is 0.611. The molecule has 1 aromatic heterocycles. The zero-order valence-electron chi connectivity index (χ0n) is 13.7. The van der Waals surface area contributed by atoms with E-state index in [1.807, 2.05) is 13.2 Å². The van der Waals surface area contributed by atoms with Gasteiger partial charge in [0.25, 0.3) is 0 Å². The van der Waals surface area contributed by atoms with E-state index in [1.54, 1.807) is 17.0 Å². The summed E-state index contributed by atoms with van der Waals surface area (Å²) in [6.45, 7) is 0. The molecule has 5 aliphatic rings. The number of nitrogens with zero attached hydrogens (tertiary/aromatic N) is 3. The van der Waals surface area contributed by atoms with E-state index < -0.39 is 0 Å². The van der Waals surface area contributed by atoms with Crippen molar-refractivity contribution in [2.24, 2.45) is 29.3 Å². The van der Waals surface area contributed by atoms with Crippen molar-refractivity contribution in [3.05, 3.63) is 23.7 Å². The van der Waals surface area contributed by atoms with Crippen molar-refractivity contribution in [1.29, 1.82) is 0 Å². The van der Waals surface area contributed by atoms with Crippen LogP contribution in [0, 0.1) is 17.3 Å². The van der Waals surface area contributed by atoms with E-state index in [9.17, 15) is 4.79 Å². The minimum Gasteiger partial charge on any atom is -0.406 e. The van der Waals surface area contributed by atoms with Crippen LogP contribution in [-0.2, 0) is 16.6 Å². The number of rotatable bonds is 2. The first-order valence-corrected chi connectivity index (χ1v) is 9.02. The van der Waals surface area contributed by atoms with Crippen LogP contribution < -0.4 is 0 Å². The number of esters is 1. The predicted molar refractivity (Wildman–Crippen MR) is 90.4 cm³/mol. The number of ether oxygens (including phenoxy) is 1. The molecule has 0 spiro atoms. The number of aromatic nitrogens is 2. The highest BCUT2D eigenvalue weighted by molar-refractivity contribution is 6.24. The van der Waals surface area contributed by atoms with Crippen molar-refractivity contribution in [3.8, 4) is 0 Å². The summed E-state index contributed by atoms with van der Waals surface area (Å²) in [7, 11) is 1.85. The molecule has 6 rings (SSSR count). The van der Waals surface area contributed by atoms with Gasteiger partial charge in [0.2, 0.25) is 5.90 Å². The Balaban J connectivity index is 1.50. The summed E-state index contributed by atoms with van der Waals surface area (Å²) < 4.78 is 7.34. The van der Waals surface area contributed by atoms with Gasteiger partial charge in [-0.15, -0.1) is 11.6 Å². The van der Waals surface area contributed by atoms with Crippen LogP contribution >= 0.6 is 11.6 Å². The van der Waals surface area contributed by atoms with Crippen molar-refractivity contribution >= 4 is 29.5 Å². The van der Waals surface area contributed by atoms with Crippen LogP contribution in [0.25, 0.3) is 6.08 Å². The van der Waals surface area contributed by atoms with Crippen molar-refractivity contribution in [3.63, 3.8) is 0 Å². The number of hydrogen-bond acceptors (Lipinski definition) is 4. The molecule has 4 aliphatic carbocycles. The third kappa shape index (κ3) is 2.17. The molecular formula is C18H20ClN3O2. The van der Waals surface area contributed by atoms with Crippen molar-refractivity contribution in [1.82, 2.24) is 9.78 Å². The fourth-order valence-corrected chi connectivity index (χ4v) is 6.40. The Kier molecular flexibility index (Phi) is 2.89. The standard InChI is InChI=1S/C18H20ClN3O2/c1-22-9-13(8-20-22)3-14-15(23)24-16(21-14)17-4-11-2-12(5-17)7-18(19,6-11)10-17/h3,8-9,11-12H,2,4-7,10H2,1H3/b14-3-. The maximum Gasteiger partial charge on any atom is 0.363 e. The number of carbonyl (C=O) groups excluding carboxylic acids is 1. The number of halogens is 1. The first-order valence-electron chi connectivity index (χ1n) is 8.64. The highest BCUT2D eigenvalue weighted by atomic mass is 35.5. The molecule has 0 N–H and O–H groups in total. The second-order valence-corrected chi connectivity index (χ2v) is 8.98. The van der Waals surface area contributed by atoms with Crippen LogP contribution in [0.4, 0.5) is 0 Å². The van der Waals surface area contributed by atoms with Crippen LogP contribution in [-0.4, -0.2) is 26.5 Å². The van der Waals surface area contributed by atoms with E-state index in [2.05, 4.69) is 10.1 Å². The van der Waals surface area contributed by atoms with Gasteiger partial charge in [-0.2, -0.15) is 5.10 Å². The Hall–Kier alpha value is -1.62. The normalized spacial score (nSPS) is 41.8. The fourth-order valence-electron chi connectivity index (χ4n) is 5.71. The Morgan fingerprint density at radius 1 is 1.33 bits per heavy atom. The van der Waals surface area contributed by atoms with Crippen LogP contribution in [0.5, 0.6) is 0 Å². The van der Waals surface area contributed by atoms with Gasteiger partial charge in [0.05, 0.1) is 6.20 Å². The Morgan fingerprint density at radius 2 is 2.08 bits per heavy atom. The molecule has 2 heterocycles. The van der Waals surface area contributed by atoms with Gasteiger partial charge in [-0.25, -0.2) is 9.79 Å². The molecule has 0 radical (unpaired) electrons. The average molecular weight is 346 g/mol. The summed E-state index contributed by atoms with van der Waals surface area (Å²) in [5.74, 6) is 1.56. The molecule has 1 aliphatic heterocycles. The van der Waals surface area contributed by atoms with Gasteiger partial charge in [0, 0.05) is 29.1 Å². The third-order valence-electron chi connectivity index (χ3n) is 6.09. The van der Waals surface area contributed by atoms with E-state index in [0.717, 1.165) is 37.7 Å². The van der Waals surface area contributed by atoms with Gasteiger partial charge in [0.1, 0.15) is 0 Å². The minimum atomic E-state index is -0.353. The zero-order chi connectivity index (χ0) is 16.5. The molecule has 6 heteroatoms. The topological polar surface area (TPSA) is 56.5 Å². The lowest BCUT2D eigenvalue weighted by Crippen LogP contribution is -2.56. The monoisotopic (exact) mass is 345 g/mol. The number of cyclic esters (lactones) is 1. The van der Waals surface area contributed by atoms with Crippen molar-refractivity contribution in [2.75, 3.05) is 0 Å². The van der Waals surface area contributed by atoms with Crippen molar-refractivity contribution < 1.29 is 9.53 Å². The molecular weight excluding hydrogens is 326 g/mol. The third-order valence-corrected chi connectivity index (χ3v) is 6.53. The average Bonchev–Trinajstić information content (AvgIpc) is 3.04. The molecule has 0 saturated heterocycles. The lowest BCUT2D eigenvalue weighted by atomic mass is 9.49. The molecule has 0 aromatic carbocycles. The van der Waals surface area contributed by atoms with Crippen LogP contribution in [0.1, 0.15) is 44.1 Å². The van der Waals surface area contributed by atoms with E-state index in [0.29, 0.717) is 23.4 Å². The van der Waals surface area contributed by atoms with Gasteiger partial charge in [-0.05, 0) is 56.4 Å². The number of aliphatic imine (C=N–C) groups is 1. The highest BCUT2D eigenvalue weighted by Gasteiger charge is 2.60. The smallest absolute Gasteiger partial charge is 0.363 e. The summed E-state index contributed by atoms with van der Waals surface area (Å²) in [5.41, 5.74) is 1.09. The number of carbonyl (C=O) groups is 1. The lowest BCUT2D eigenvalue weighted by Gasteiger charge is -2.59. The molecule has 126 valence electrons. The SMILES string of the molecule is Cn1cc(/C=C2\N=C(C34CC5CC(CC(Cl)(C5)C3)C4)OC2=O)cn1. The van der Waals surface area contributed by atoms with Crippen molar-refractivity contribution in [2.45, 2.75) is 43.4 Å². The molecule has 2 atom stereocenters. The van der Waals surface area contributed by atoms with Crippen LogP contribution in [0.2, 0.25) is 0 Å². The van der Waals surface area contributed by atoms with E-state index >= 15 is 0 Å². The van der Waals surface area contributed by atoms with Gasteiger partial charge in [-0.3, -0.25) is 4.68 Å². The zero-order valence-corrected chi connectivity index (χ0v) is 14.4. The Morgan fingerprint density at radius 3 is 2.71 bits per heavy atom. The number of hydrogen-bond donors (Lipinski definition) is 0. The summed E-state index contributed by atoms with van der Waals surface area (Å²) >= 11 is 6.88. The highest BCUT2D eigenvalue weighted by Crippen LogP contribution is 2.64. The van der Waals surface area contributed by atoms with Crippen LogP contribution in [0.3, 0.4) is 0 Å². The molecule has 0 amide bonds. The minimum absolute atomic E-state index is 0.116. The first kappa shape index (κ1) is 14.7. The molecule has 4 fully saturated rings. The summed E-state index contributed by atoms with van der Waals surface area (Å²) in [6.07, 6.45) is 11.8. The number of alkyl halides is 1. The maximum atomic E-state index is 12.3. The molecule has 5 nitrogen and oxygen atoms in total. The van der Waals surface area contributed by atoms with E-state index in [4.69, 9.17) is 16.3 Å². The molecule has 4 bridgehead atoms. The molecule has 2 unspecified atom stereocenters. The predicted octanol–water partition coefficient (Wildman–Crippen LogP) is 3.29. The second-order valence-electron chi connectivity index (χ2n) is 8.18. The summed E-state index contributed by atoms with van der Waals surface area (Å²) in [4.78, 5) is 16.8. The molecule has 4 saturated carbocycles. The quantitative estimate of drug-likeness (QED) is 0.469. The second kappa shape index (κ2) is 4.72. The van der Waals surface area contributed by atoms with Gasteiger partial charge in [-0.1, -0.05) is 0 Å².